The number of phenolic OH excluding ortho intramolecular Hbond substituents is 2. The van der Waals surface area contributed by atoms with Crippen LogP contribution in [-0.2, 0) is 0 Å². The van der Waals surface area contributed by atoms with Gasteiger partial charge in [0.15, 0.2) is 5.15 Å². The number of hydrogen-bond donors (Lipinski definition) is 3. The van der Waals surface area contributed by atoms with Crippen molar-refractivity contribution >= 4 is 23.2 Å². The van der Waals surface area contributed by atoms with Crippen molar-refractivity contribution in [2.75, 3.05) is 5.32 Å². The van der Waals surface area contributed by atoms with Crippen LogP contribution in [0.5, 0.6) is 11.5 Å². The van der Waals surface area contributed by atoms with Crippen molar-refractivity contribution in [3.63, 3.8) is 0 Å². The molecule has 0 spiro atoms. The fourth-order valence-electron chi connectivity index (χ4n) is 1.40. The number of pyridine rings is 1. The molecule has 3 N–H and O–H groups in total. The van der Waals surface area contributed by atoms with E-state index in [4.69, 9.17) is 11.6 Å². The van der Waals surface area contributed by atoms with Gasteiger partial charge in [0.1, 0.15) is 11.5 Å². The van der Waals surface area contributed by atoms with Crippen LogP contribution in [0.25, 0.3) is 0 Å². The van der Waals surface area contributed by atoms with Gasteiger partial charge in [0.25, 0.3) is 5.91 Å². The summed E-state index contributed by atoms with van der Waals surface area (Å²) in [7, 11) is 0. The van der Waals surface area contributed by atoms with E-state index in [1.807, 2.05) is 0 Å². The summed E-state index contributed by atoms with van der Waals surface area (Å²) in [5, 5.41) is 21.3. The maximum Gasteiger partial charge on any atom is 0.256 e. The van der Waals surface area contributed by atoms with E-state index in [1.54, 1.807) is 12.1 Å². The highest BCUT2D eigenvalue weighted by Gasteiger charge is 2.10. The van der Waals surface area contributed by atoms with Gasteiger partial charge in [-0.1, -0.05) is 11.6 Å². The second-order valence-corrected chi connectivity index (χ2v) is 3.89. The number of carbonyl (C=O) groups excluding carboxylic acids is 1. The Morgan fingerprint density at radius 2 is 1.89 bits per heavy atom. The molecule has 5 nitrogen and oxygen atoms in total. The number of hydrogen-bond acceptors (Lipinski definition) is 4. The molecule has 1 aromatic heterocycles. The van der Waals surface area contributed by atoms with Gasteiger partial charge in [-0.3, -0.25) is 4.79 Å². The van der Waals surface area contributed by atoms with Crippen molar-refractivity contribution in [2.45, 2.75) is 0 Å². The lowest BCUT2D eigenvalue weighted by Gasteiger charge is -2.07. The highest BCUT2D eigenvalue weighted by molar-refractivity contribution is 6.32. The molecular weight excluding hydrogens is 256 g/mol. The van der Waals surface area contributed by atoms with Gasteiger partial charge in [-0.2, -0.15) is 0 Å². The van der Waals surface area contributed by atoms with Gasteiger partial charge >= 0.3 is 0 Å². The average molecular weight is 265 g/mol. The predicted octanol–water partition coefficient (Wildman–Crippen LogP) is 2.40. The van der Waals surface area contributed by atoms with E-state index in [-0.39, 0.29) is 22.2 Å². The summed E-state index contributed by atoms with van der Waals surface area (Å²) in [5.74, 6) is -0.897. The third-order valence-electron chi connectivity index (χ3n) is 2.17. The molecule has 18 heavy (non-hydrogen) atoms. The Balaban J connectivity index is 2.25. The van der Waals surface area contributed by atoms with Gasteiger partial charge < -0.3 is 15.5 Å². The average Bonchev–Trinajstić information content (AvgIpc) is 2.31. The monoisotopic (exact) mass is 264 g/mol. The second-order valence-electron chi connectivity index (χ2n) is 3.53. The zero-order valence-corrected chi connectivity index (χ0v) is 9.85. The zero-order chi connectivity index (χ0) is 13.1. The van der Waals surface area contributed by atoms with Crippen LogP contribution in [-0.4, -0.2) is 21.1 Å². The number of phenols is 2. The minimum absolute atomic E-state index is 0.118. The first-order chi connectivity index (χ1) is 8.56. The van der Waals surface area contributed by atoms with E-state index in [9.17, 15) is 15.0 Å². The van der Waals surface area contributed by atoms with Crippen LogP contribution in [0.1, 0.15) is 10.4 Å². The summed E-state index contributed by atoms with van der Waals surface area (Å²) >= 11 is 5.79. The maximum atomic E-state index is 11.9. The van der Waals surface area contributed by atoms with Crippen LogP contribution in [0.2, 0.25) is 5.15 Å². The molecule has 92 valence electrons. The molecule has 0 bridgehead atoms. The van der Waals surface area contributed by atoms with E-state index in [2.05, 4.69) is 10.3 Å². The summed E-state index contributed by atoms with van der Waals surface area (Å²) in [6.45, 7) is 0. The number of nitrogens with zero attached hydrogens (tertiary/aromatic N) is 1. The molecule has 6 heteroatoms. The first-order valence-corrected chi connectivity index (χ1v) is 5.39. The molecule has 0 saturated carbocycles. The van der Waals surface area contributed by atoms with Crippen LogP contribution in [0.4, 0.5) is 5.69 Å². The van der Waals surface area contributed by atoms with Crippen LogP contribution in [0, 0.1) is 0 Å². The second kappa shape index (κ2) is 4.93. The van der Waals surface area contributed by atoms with E-state index < -0.39 is 5.91 Å². The molecule has 2 rings (SSSR count). The number of halogens is 1. The summed E-state index contributed by atoms with van der Waals surface area (Å²) in [5.41, 5.74) is 0.472. The van der Waals surface area contributed by atoms with Gasteiger partial charge in [0, 0.05) is 17.8 Å². The summed E-state index contributed by atoms with van der Waals surface area (Å²) < 4.78 is 0. The molecule has 0 unspecified atom stereocenters. The normalized spacial score (nSPS) is 10.1. The Bertz CT molecular complexity index is 581. The molecular formula is C12H9ClN2O3. The number of rotatable bonds is 2. The van der Waals surface area contributed by atoms with Crippen LogP contribution in [0.3, 0.4) is 0 Å². The molecule has 1 amide bonds. The molecule has 1 aromatic carbocycles. The van der Waals surface area contributed by atoms with Crippen molar-refractivity contribution in [2.24, 2.45) is 0 Å². The lowest BCUT2D eigenvalue weighted by Crippen LogP contribution is -2.12. The highest BCUT2D eigenvalue weighted by atomic mass is 35.5. The summed E-state index contributed by atoms with van der Waals surface area (Å²) in [6.07, 6.45) is 1.50. The highest BCUT2D eigenvalue weighted by Crippen LogP contribution is 2.23. The smallest absolute Gasteiger partial charge is 0.256 e. The lowest BCUT2D eigenvalue weighted by atomic mass is 10.2. The topological polar surface area (TPSA) is 82.5 Å². The van der Waals surface area contributed by atoms with Crippen molar-refractivity contribution in [1.82, 2.24) is 4.98 Å². The van der Waals surface area contributed by atoms with Gasteiger partial charge in [-0.05, 0) is 24.3 Å². The van der Waals surface area contributed by atoms with E-state index >= 15 is 0 Å². The lowest BCUT2D eigenvalue weighted by molar-refractivity contribution is 0.102. The number of aromatic nitrogens is 1. The van der Waals surface area contributed by atoms with Gasteiger partial charge in [0.05, 0.1) is 5.69 Å². The molecule has 0 saturated heterocycles. The first-order valence-electron chi connectivity index (χ1n) is 5.01. The minimum Gasteiger partial charge on any atom is -0.508 e. The minimum atomic E-state index is -0.504. The Hall–Kier alpha value is -2.27. The molecule has 0 fully saturated rings. The van der Waals surface area contributed by atoms with Crippen molar-refractivity contribution in [3.05, 3.63) is 47.2 Å². The van der Waals surface area contributed by atoms with E-state index in [0.29, 0.717) is 5.69 Å². The van der Waals surface area contributed by atoms with Gasteiger partial charge in [-0.25, -0.2) is 4.98 Å². The first kappa shape index (κ1) is 12.2. The number of benzene rings is 1. The summed E-state index contributed by atoms with van der Waals surface area (Å²) in [6, 6.07) is 6.82. The number of carbonyl (C=O) groups is 1. The predicted molar refractivity (Wildman–Crippen MR) is 67.0 cm³/mol. The molecule has 0 radical (unpaired) electrons. The van der Waals surface area contributed by atoms with Gasteiger partial charge in [0.2, 0.25) is 0 Å². The molecule has 0 aliphatic carbocycles. The van der Waals surface area contributed by atoms with Crippen molar-refractivity contribution < 1.29 is 15.0 Å². The molecule has 0 atom stereocenters. The fraction of sp³-hybridized carbons (Fsp3) is 0. The number of aromatic hydroxyl groups is 2. The zero-order valence-electron chi connectivity index (χ0n) is 9.09. The van der Waals surface area contributed by atoms with Crippen molar-refractivity contribution in [3.8, 4) is 11.5 Å². The molecule has 0 aliphatic heterocycles. The fourth-order valence-corrected chi connectivity index (χ4v) is 1.57. The summed E-state index contributed by atoms with van der Waals surface area (Å²) in [4.78, 5) is 15.7. The SMILES string of the molecule is O=C(Nc1cccnc1Cl)c1cc(O)cc(O)c1. The number of anilines is 1. The Morgan fingerprint density at radius 3 is 2.50 bits per heavy atom. The Labute approximate surface area is 108 Å². The van der Waals surface area contributed by atoms with E-state index in [0.717, 1.165) is 6.07 Å². The number of amides is 1. The largest absolute Gasteiger partial charge is 0.508 e. The Morgan fingerprint density at radius 1 is 1.22 bits per heavy atom. The molecule has 1 heterocycles. The third kappa shape index (κ3) is 2.70. The molecule has 2 aromatic rings. The quantitative estimate of drug-likeness (QED) is 0.728. The van der Waals surface area contributed by atoms with Crippen LogP contribution < -0.4 is 5.32 Å². The van der Waals surface area contributed by atoms with Gasteiger partial charge in [-0.15, -0.1) is 0 Å². The van der Waals surface area contributed by atoms with Crippen LogP contribution in [0.15, 0.2) is 36.5 Å². The number of nitrogens with one attached hydrogen (secondary N) is 1. The standard InChI is InChI=1S/C12H9ClN2O3/c13-11-10(2-1-3-14-11)15-12(18)7-4-8(16)6-9(17)5-7/h1-6,16-17H,(H,15,18). The maximum absolute atomic E-state index is 11.9. The Kier molecular flexibility index (Phi) is 3.34. The third-order valence-corrected chi connectivity index (χ3v) is 2.47. The van der Waals surface area contributed by atoms with E-state index in [1.165, 1.54) is 18.3 Å². The van der Waals surface area contributed by atoms with Crippen LogP contribution >= 0.6 is 11.6 Å². The molecule has 0 aliphatic rings. The van der Waals surface area contributed by atoms with Crippen molar-refractivity contribution in [1.29, 1.82) is 0 Å².